The van der Waals surface area contributed by atoms with E-state index in [1.165, 1.54) is 25.5 Å². The highest BCUT2D eigenvalue weighted by atomic mass is 32.1. The Bertz CT molecular complexity index is 499. The quantitative estimate of drug-likeness (QED) is 0.915. The first-order chi connectivity index (χ1) is 9.11. The van der Waals surface area contributed by atoms with Gasteiger partial charge in [0.05, 0.1) is 5.69 Å². The second-order valence-electron chi connectivity index (χ2n) is 4.27. The topological polar surface area (TPSA) is 66.6 Å². The Morgan fingerprint density at radius 1 is 1.35 bits per heavy atom. The van der Waals surface area contributed by atoms with Crippen molar-refractivity contribution in [3.8, 4) is 0 Å². The van der Waals surface area contributed by atoms with Crippen molar-refractivity contribution in [3.05, 3.63) is 16.3 Å². The van der Waals surface area contributed by atoms with Crippen LogP contribution in [0.5, 0.6) is 0 Å². The minimum Gasteiger partial charge on any atom is -0.397 e. The molecule has 0 aromatic carbocycles. The molecule has 0 saturated heterocycles. The zero-order valence-electron chi connectivity index (χ0n) is 10.9. The molecule has 5 nitrogen and oxygen atoms in total. The summed E-state index contributed by atoms with van der Waals surface area (Å²) in [5, 5.41) is 1.50. The third kappa shape index (κ3) is 4.41. The molecule has 0 unspecified atom stereocenters. The number of likely N-dealkylation sites (N-methyl/N-ethyl adjacent to an activating group) is 1. The highest BCUT2D eigenvalue weighted by Crippen LogP contribution is 2.23. The van der Waals surface area contributed by atoms with Crippen LogP contribution in [0.15, 0.2) is 11.4 Å². The number of rotatable bonds is 4. The number of amides is 2. The number of hydrogen-bond donors (Lipinski definition) is 1. The van der Waals surface area contributed by atoms with E-state index >= 15 is 0 Å². The first-order valence-electron chi connectivity index (χ1n) is 5.51. The number of carbonyl (C=O) groups excluding carboxylic acids is 2. The van der Waals surface area contributed by atoms with Crippen LogP contribution in [0.2, 0.25) is 0 Å². The number of nitrogen functional groups attached to an aromatic ring is 1. The molecule has 20 heavy (non-hydrogen) atoms. The minimum atomic E-state index is -4.59. The first-order valence-corrected chi connectivity index (χ1v) is 6.39. The second kappa shape index (κ2) is 6.12. The molecule has 1 aromatic heterocycles. The normalized spacial score (nSPS) is 11.2. The number of nitrogens with zero attached hydrogens (tertiary/aromatic N) is 2. The van der Waals surface area contributed by atoms with Crippen molar-refractivity contribution in [2.45, 2.75) is 6.18 Å². The molecule has 1 rings (SSSR count). The largest absolute Gasteiger partial charge is 0.406 e. The van der Waals surface area contributed by atoms with Crippen LogP contribution in [0.3, 0.4) is 0 Å². The monoisotopic (exact) mass is 309 g/mol. The number of nitrogens with two attached hydrogens (primary N) is 1. The van der Waals surface area contributed by atoms with E-state index in [1.54, 1.807) is 0 Å². The van der Waals surface area contributed by atoms with Gasteiger partial charge in [0.1, 0.15) is 18.0 Å². The van der Waals surface area contributed by atoms with Gasteiger partial charge in [0, 0.05) is 14.1 Å². The summed E-state index contributed by atoms with van der Waals surface area (Å²) in [7, 11) is 2.80. The summed E-state index contributed by atoms with van der Waals surface area (Å²) in [6.45, 7) is -2.15. The van der Waals surface area contributed by atoms with Crippen molar-refractivity contribution < 1.29 is 22.8 Å². The highest BCUT2D eigenvalue weighted by molar-refractivity contribution is 7.12. The molecule has 0 aliphatic heterocycles. The van der Waals surface area contributed by atoms with Crippen LogP contribution in [0, 0.1) is 0 Å². The molecule has 1 heterocycles. The van der Waals surface area contributed by atoms with Gasteiger partial charge in [-0.1, -0.05) is 0 Å². The average molecular weight is 309 g/mol. The molecule has 2 N–H and O–H groups in total. The lowest BCUT2D eigenvalue weighted by Gasteiger charge is -2.24. The van der Waals surface area contributed by atoms with Gasteiger partial charge in [-0.15, -0.1) is 11.3 Å². The lowest BCUT2D eigenvalue weighted by molar-refractivity contribution is -0.146. The molecule has 0 atom stereocenters. The average Bonchev–Trinajstić information content (AvgIpc) is 2.71. The molecule has 0 aliphatic carbocycles. The van der Waals surface area contributed by atoms with E-state index in [-0.39, 0.29) is 10.6 Å². The van der Waals surface area contributed by atoms with E-state index in [0.717, 1.165) is 16.2 Å². The smallest absolute Gasteiger partial charge is 0.397 e. The van der Waals surface area contributed by atoms with Gasteiger partial charge in [-0.25, -0.2) is 0 Å². The van der Waals surface area contributed by atoms with Gasteiger partial charge in [-0.2, -0.15) is 13.2 Å². The third-order valence-corrected chi connectivity index (χ3v) is 3.29. The molecular formula is C11H14F3N3O2S. The number of hydrogen-bond acceptors (Lipinski definition) is 4. The van der Waals surface area contributed by atoms with Crippen LogP contribution >= 0.6 is 11.3 Å². The highest BCUT2D eigenvalue weighted by Gasteiger charge is 2.35. The molecule has 9 heteroatoms. The summed E-state index contributed by atoms with van der Waals surface area (Å²) in [6.07, 6.45) is -4.59. The molecule has 0 spiro atoms. The zero-order chi connectivity index (χ0) is 15.5. The van der Waals surface area contributed by atoms with Gasteiger partial charge in [0.15, 0.2) is 0 Å². The summed E-state index contributed by atoms with van der Waals surface area (Å²) in [6, 6.07) is 1.43. The number of carbonyl (C=O) groups is 2. The van der Waals surface area contributed by atoms with Crippen LogP contribution < -0.4 is 5.73 Å². The van der Waals surface area contributed by atoms with Gasteiger partial charge in [0.2, 0.25) is 5.91 Å². The van der Waals surface area contributed by atoms with Crippen LogP contribution in [0.4, 0.5) is 18.9 Å². The maximum Gasteiger partial charge on any atom is 0.406 e. The fraction of sp³-hybridized carbons (Fsp3) is 0.455. The number of halogens is 3. The summed E-state index contributed by atoms with van der Waals surface area (Å²) >= 11 is 0.939. The molecule has 0 bridgehead atoms. The Hall–Kier alpha value is -1.77. The predicted octanol–water partition coefficient (Wildman–Crippen LogP) is 1.42. The minimum absolute atomic E-state index is 0.000746. The number of anilines is 1. The van der Waals surface area contributed by atoms with Crippen molar-refractivity contribution in [2.24, 2.45) is 0 Å². The summed E-state index contributed by atoms with van der Waals surface area (Å²) in [4.78, 5) is 25.2. The van der Waals surface area contributed by atoms with Crippen LogP contribution in [0.25, 0.3) is 0 Å². The maximum absolute atomic E-state index is 12.5. The molecule has 0 radical (unpaired) electrons. The van der Waals surface area contributed by atoms with E-state index in [4.69, 9.17) is 5.73 Å². The molecule has 112 valence electrons. The number of thiophene rings is 1. The molecule has 0 saturated carbocycles. The van der Waals surface area contributed by atoms with Gasteiger partial charge in [-0.05, 0) is 11.4 Å². The summed E-state index contributed by atoms with van der Waals surface area (Å²) in [5.74, 6) is -1.50. The Morgan fingerprint density at radius 3 is 2.35 bits per heavy atom. The SMILES string of the molecule is CN(C)C(=O)CN(CC(F)(F)F)C(=O)c1sccc1N. The first kappa shape index (κ1) is 16.3. The van der Waals surface area contributed by atoms with Gasteiger partial charge in [-0.3, -0.25) is 9.59 Å². The van der Waals surface area contributed by atoms with Gasteiger partial charge < -0.3 is 15.5 Å². The lowest BCUT2D eigenvalue weighted by atomic mass is 10.3. The van der Waals surface area contributed by atoms with E-state index in [2.05, 4.69) is 0 Å². The lowest BCUT2D eigenvalue weighted by Crippen LogP contribution is -2.44. The van der Waals surface area contributed by atoms with E-state index in [1.807, 2.05) is 0 Å². The van der Waals surface area contributed by atoms with Gasteiger partial charge >= 0.3 is 6.18 Å². The molecular weight excluding hydrogens is 295 g/mol. The van der Waals surface area contributed by atoms with Crippen molar-refractivity contribution in [2.75, 3.05) is 32.9 Å². The van der Waals surface area contributed by atoms with Crippen LogP contribution in [0.1, 0.15) is 9.67 Å². The maximum atomic E-state index is 12.5. The van der Waals surface area contributed by atoms with Crippen molar-refractivity contribution in [1.82, 2.24) is 9.80 Å². The standard InChI is InChI=1S/C11H14F3N3O2S/c1-16(2)8(18)5-17(6-11(12,13)14)10(19)9-7(15)3-4-20-9/h3-4H,5-6,15H2,1-2H3. The second-order valence-corrected chi connectivity index (χ2v) is 5.19. The Kier molecular flexibility index (Phi) is 4.98. The molecule has 0 fully saturated rings. The Morgan fingerprint density at radius 2 is 1.95 bits per heavy atom. The van der Waals surface area contributed by atoms with Crippen molar-refractivity contribution in [3.63, 3.8) is 0 Å². The van der Waals surface area contributed by atoms with Crippen LogP contribution in [-0.2, 0) is 4.79 Å². The zero-order valence-corrected chi connectivity index (χ0v) is 11.7. The van der Waals surface area contributed by atoms with E-state index in [0.29, 0.717) is 4.90 Å². The predicted molar refractivity (Wildman–Crippen MR) is 69.4 cm³/mol. The van der Waals surface area contributed by atoms with E-state index in [9.17, 15) is 22.8 Å². The Balaban J connectivity index is 2.95. The molecule has 2 amide bonds. The molecule has 1 aromatic rings. The molecule has 0 aliphatic rings. The third-order valence-electron chi connectivity index (χ3n) is 2.37. The fourth-order valence-corrected chi connectivity index (χ4v) is 2.14. The van der Waals surface area contributed by atoms with E-state index < -0.39 is 31.1 Å². The number of alkyl halides is 3. The van der Waals surface area contributed by atoms with Crippen LogP contribution in [-0.4, -0.2) is 55.0 Å². The Labute approximate surface area is 117 Å². The van der Waals surface area contributed by atoms with Gasteiger partial charge in [0.25, 0.3) is 5.91 Å². The fourth-order valence-electron chi connectivity index (χ4n) is 1.36. The summed E-state index contributed by atoms with van der Waals surface area (Å²) < 4.78 is 37.5. The summed E-state index contributed by atoms with van der Waals surface area (Å²) in [5.41, 5.74) is 5.62. The van der Waals surface area contributed by atoms with Crippen molar-refractivity contribution >= 4 is 28.8 Å². The van der Waals surface area contributed by atoms with Crippen molar-refractivity contribution in [1.29, 1.82) is 0 Å².